The number of hydrogen-bond donors (Lipinski definition) is 2. The van der Waals surface area contributed by atoms with Gasteiger partial charge in [0, 0.05) is 11.3 Å². The first-order valence-corrected chi connectivity index (χ1v) is 9.16. The molecule has 1 atom stereocenters. The van der Waals surface area contributed by atoms with Gasteiger partial charge in [-0.15, -0.1) is 0 Å². The van der Waals surface area contributed by atoms with Crippen LogP contribution in [0.1, 0.15) is 23.6 Å². The Balaban J connectivity index is 1.62. The van der Waals surface area contributed by atoms with Crippen molar-refractivity contribution in [1.29, 1.82) is 0 Å². The molecule has 26 heavy (non-hydrogen) atoms. The first kappa shape index (κ1) is 17.1. The average molecular weight is 386 g/mol. The van der Waals surface area contributed by atoms with Crippen molar-refractivity contribution >= 4 is 28.9 Å². The van der Waals surface area contributed by atoms with E-state index < -0.39 is 0 Å². The fourth-order valence-corrected chi connectivity index (χ4v) is 3.61. The van der Waals surface area contributed by atoms with E-state index >= 15 is 0 Å². The van der Waals surface area contributed by atoms with Gasteiger partial charge in [0.15, 0.2) is 0 Å². The molecule has 1 unspecified atom stereocenters. The lowest BCUT2D eigenvalue weighted by molar-refractivity contribution is 0.469. The topological polar surface area (TPSA) is 41.5 Å². The largest absolute Gasteiger partial charge is 0.508 e. The van der Waals surface area contributed by atoms with Crippen molar-refractivity contribution in [2.45, 2.75) is 18.9 Å². The summed E-state index contributed by atoms with van der Waals surface area (Å²) in [5.41, 5.74) is 3.21. The standard InChI is InChI=1S/C21H17Cl2NO2/c22-16-6-2-9-20(21(16)23)26-19-8-3-7-18-15(19)10-11-17(24-18)13-4-1-5-14(25)12-13/h1-9,12,17,24-25H,10-11H2. The molecule has 4 rings (SSSR count). The smallest absolute Gasteiger partial charge is 0.147 e. The lowest BCUT2D eigenvalue weighted by Gasteiger charge is -2.29. The normalized spacial score (nSPS) is 15.8. The number of halogens is 2. The molecule has 0 aliphatic carbocycles. The molecule has 3 aromatic rings. The predicted octanol–water partition coefficient (Wildman–Crippen LogP) is 6.59. The molecule has 1 aliphatic rings. The van der Waals surface area contributed by atoms with Crippen molar-refractivity contribution in [3.05, 3.63) is 81.8 Å². The van der Waals surface area contributed by atoms with Gasteiger partial charge in [-0.1, -0.05) is 47.5 Å². The van der Waals surface area contributed by atoms with Crippen LogP contribution in [0.3, 0.4) is 0 Å². The number of hydrogen-bond acceptors (Lipinski definition) is 3. The Kier molecular flexibility index (Phi) is 4.66. The van der Waals surface area contributed by atoms with E-state index in [2.05, 4.69) is 5.32 Å². The Bertz CT molecular complexity index is 958. The summed E-state index contributed by atoms with van der Waals surface area (Å²) in [6.07, 6.45) is 1.76. The number of ether oxygens (including phenoxy) is 1. The minimum absolute atomic E-state index is 0.152. The van der Waals surface area contributed by atoms with Gasteiger partial charge in [-0.25, -0.2) is 0 Å². The van der Waals surface area contributed by atoms with Crippen molar-refractivity contribution in [1.82, 2.24) is 0 Å². The number of benzene rings is 3. The zero-order valence-electron chi connectivity index (χ0n) is 13.9. The molecule has 0 aromatic heterocycles. The molecule has 1 aliphatic heterocycles. The molecule has 0 radical (unpaired) electrons. The van der Waals surface area contributed by atoms with E-state index in [4.69, 9.17) is 27.9 Å². The Morgan fingerprint density at radius 1 is 0.962 bits per heavy atom. The van der Waals surface area contributed by atoms with E-state index in [1.165, 1.54) is 0 Å². The summed E-state index contributed by atoms with van der Waals surface area (Å²) >= 11 is 12.3. The SMILES string of the molecule is Oc1cccc(C2CCc3c(cccc3Oc3cccc(Cl)c3Cl)N2)c1. The van der Waals surface area contributed by atoms with Gasteiger partial charge in [-0.05, 0) is 54.8 Å². The molecule has 0 fully saturated rings. The molecule has 2 N–H and O–H groups in total. The van der Waals surface area contributed by atoms with Gasteiger partial charge in [0.05, 0.1) is 11.1 Å². The first-order chi connectivity index (χ1) is 12.6. The van der Waals surface area contributed by atoms with Crippen LogP contribution >= 0.6 is 23.2 Å². The van der Waals surface area contributed by atoms with Crippen LogP contribution in [0, 0.1) is 0 Å². The highest BCUT2D eigenvalue weighted by Gasteiger charge is 2.22. The highest BCUT2D eigenvalue weighted by molar-refractivity contribution is 6.42. The van der Waals surface area contributed by atoms with Gasteiger partial charge in [-0.2, -0.15) is 0 Å². The summed E-state index contributed by atoms with van der Waals surface area (Å²) in [5.74, 6) is 1.60. The van der Waals surface area contributed by atoms with E-state index in [0.717, 1.165) is 35.4 Å². The molecule has 5 heteroatoms. The van der Waals surface area contributed by atoms with Crippen LogP contribution in [0.15, 0.2) is 60.7 Å². The quantitative estimate of drug-likeness (QED) is 0.534. The molecule has 132 valence electrons. The number of anilines is 1. The lowest BCUT2D eigenvalue weighted by atomic mass is 9.93. The molecule has 0 saturated carbocycles. The zero-order chi connectivity index (χ0) is 18.1. The maximum atomic E-state index is 9.72. The minimum atomic E-state index is 0.152. The van der Waals surface area contributed by atoms with Crippen LogP contribution in [0.4, 0.5) is 5.69 Å². The van der Waals surface area contributed by atoms with Crippen LogP contribution in [0.2, 0.25) is 10.0 Å². The second-order valence-electron chi connectivity index (χ2n) is 6.27. The first-order valence-electron chi connectivity index (χ1n) is 8.41. The molecule has 0 saturated heterocycles. The molecule has 3 aromatic carbocycles. The van der Waals surface area contributed by atoms with Crippen molar-refractivity contribution in [3.63, 3.8) is 0 Å². The van der Waals surface area contributed by atoms with Gasteiger partial charge in [0.1, 0.15) is 22.3 Å². The zero-order valence-corrected chi connectivity index (χ0v) is 15.4. The summed E-state index contributed by atoms with van der Waals surface area (Å²) in [7, 11) is 0. The van der Waals surface area contributed by atoms with Crippen LogP contribution in [-0.2, 0) is 6.42 Å². The fraction of sp³-hybridized carbons (Fsp3) is 0.143. The van der Waals surface area contributed by atoms with Gasteiger partial charge in [-0.3, -0.25) is 0 Å². The molecular weight excluding hydrogens is 369 g/mol. The van der Waals surface area contributed by atoms with Crippen LogP contribution in [0.5, 0.6) is 17.2 Å². The number of nitrogens with one attached hydrogen (secondary N) is 1. The third-order valence-corrected chi connectivity index (χ3v) is 5.36. The Labute approximate surface area is 162 Å². The number of fused-ring (bicyclic) bond motifs is 1. The fourth-order valence-electron chi connectivity index (χ4n) is 3.28. The Morgan fingerprint density at radius 2 is 1.73 bits per heavy atom. The monoisotopic (exact) mass is 385 g/mol. The summed E-state index contributed by atoms with van der Waals surface area (Å²) < 4.78 is 6.05. The predicted molar refractivity (Wildman–Crippen MR) is 106 cm³/mol. The number of phenols is 1. The van der Waals surface area contributed by atoms with Gasteiger partial charge < -0.3 is 15.2 Å². The van der Waals surface area contributed by atoms with E-state index in [0.29, 0.717) is 15.8 Å². The summed E-state index contributed by atoms with van der Waals surface area (Å²) in [5, 5.41) is 14.1. The van der Waals surface area contributed by atoms with Gasteiger partial charge >= 0.3 is 0 Å². The molecule has 0 spiro atoms. The average Bonchev–Trinajstić information content (AvgIpc) is 2.65. The van der Waals surface area contributed by atoms with Crippen molar-refractivity contribution < 1.29 is 9.84 Å². The third-order valence-electron chi connectivity index (χ3n) is 4.55. The second-order valence-corrected chi connectivity index (χ2v) is 7.05. The number of rotatable bonds is 3. The number of phenolic OH excluding ortho intramolecular Hbond substituents is 1. The highest BCUT2D eigenvalue weighted by atomic mass is 35.5. The molecule has 0 bridgehead atoms. The third kappa shape index (κ3) is 3.33. The van der Waals surface area contributed by atoms with E-state index in [1.54, 1.807) is 24.3 Å². The van der Waals surface area contributed by atoms with E-state index in [9.17, 15) is 5.11 Å². The van der Waals surface area contributed by atoms with E-state index in [1.807, 2.05) is 36.4 Å². The summed E-state index contributed by atoms with van der Waals surface area (Å²) in [6.45, 7) is 0. The van der Waals surface area contributed by atoms with Gasteiger partial charge in [0.2, 0.25) is 0 Å². The molecule has 0 amide bonds. The Morgan fingerprint density at radius 3 is 2.58 bits per heavy atom. The van der Waals surface area contributed by atoms with Crippen LogP contribution < -0.4 is 10.1 Å². The maximum absolute atomic E-state index is 9.72. The maximum Gasteiger partial charge on any atom is 0.147 e. The number of aromatic hydroxyl groups is 1. The van der Waals surface area contributed by atoms with Crippen molar-refractivity contribution in [3.8, 4) is 17.2 Å². The van der Waals surface area contributed by atoms with E-state index in [-0.39, 0.29) is 11.8 Å². The minimum Gasteiger partial charge on any atom is -0.508 e. The van der Waals surface area contributed by atoms with Crippen molar-refractivity contribution in [2.24, 2.45) is 0 Å². The molecule has 3 nitrogen and oxygen atoms in total. The van der Waals surface area contributed by atoms with Crippen LogP contribution in [0.25, 0.3) is 0 Å². The van der Waals surface area contributed by atoms with Crippen molar-refractivity contribution in [2.75, 3.05) is 5.32 Å². The second kappa shape index (κ2) is 7.10. The summed E-state index contributed by atoms with van der Waals surface area (Å²) in [6, 6.07) is 18.8. The summed E-state index contributed by atoms with van der Waals surface area (Å²) in [4.78, 5) is 0. The Hall–Kier alpha value is -2.36. The van der Waals surface area contributed by atoms with Crippen LogP contribution in [-0.4, -0.2) is 5.11 Å². The molecule has 1 heterocycles. The van der Waals surface area contributed by atoms with Gasteiger partial charge in [0.25, 0.3) is 0 Å². The highest BCUT2D eigenvalue weighted by Crippen LogP contribution is 2.41. The lowest BCUT2D eigenvalue weighted by Crippen LogP contribution is -2.18. The molecular formula is C21H17Cl2NO2.